The molecule has 106 valence electrons. The number of hydrogen-bond acceptors (Lipinski definition) is 4. The van der Waals surface area contributed by atoms with Crippen LogP contribution in [-0.2, 0) is 12.7 Å². The molecular weight excluding hydrogens is 337 g/mol. The Bertz CT molecular complexity index is 616. The van der Waals surface area contributed by atoms with E-state index >= 15 is 0 Å². The van der Waals surface area contributed by atoms with Crippen LogP contribution in [0.4, 0.5) is 24.8 Å². The van der Waals surface area contributed by atoms with Crippen LogP contribution in [0.2, 0.25) is 0 Å². The highest BCUT2D eigenvalue weighted by Gasteiger charge is 2.35. The molecule has 0 saturated heterocycles. The summed E-state index contributed by atoms with van der Waals surface area (Å²) in [6.07, 6.45) is -4.62. The first kappa shape index (κ1) is 14.6. The molecule has 20 heavy (non-hydrogen) atoms. The lowest BCUT2D eigenvalue weighted by atomic mass is 10.2. The van der Waals surface area contributed by atoms with E-state index in [1.54, 1.807) is 0 Å². The third-order valence-corrected chi connectivity index (χ3v) is 2.86. The zero-order valence-corrected chi connectivity index (χ0v) is 11.7. The van der Waals surface area contributed by atoms with Gasteiger partial charge in [-0.25, -0.2) is 9.97 Å². The number of anilines is 2. The fourth-order valence-electron chi connectivity index (χ4n) is 1.52. The minimum absolute atomic E-state index is 0.0322. The molecule has 0 spiro atoms. The maximum Gasteiger partial charge on any atom is 0.451 e. The van der Waals surface area contributed by atoms with E-state index in [9.17, 15) is 13.2 Å². The summed E-state index contributed by atoms with van der Waals surface area (Å²) in [5.74, 6) is -1.46. The fraction of sp³-hybridized carbons (Fsp3) is 0.167. The first-order valence-corrected chi connectivity index (χ1v) is 6.34. The molecule has 0 fully saturated rings. The van der Waals surface area contributed by atoms with Crippen molar-refractivity contribution < 1.29 is 13.2 Å². The van der Waals surface area contributed by atoms with E-state index < -0.39 is 12.0 Å². The van der Waals surface area contributed by atoms with Gasteiger partial charge < -0.3 is 11.1 Å². The van der Waals surface area contributed by atoms with Crippen LogP contribution in [-0.4, -0.2) is 9.97 Å². The smallest absolute Gasteiger partial charge is 0.384 e. The normalized spacial score (nSPS) is 11.4. The number of nitrogens with zero attached hydrogens (tertiary/aromatic N) is 2. The number of nitrogens with two attached hydrogens (primary N) is 1. The van der Waals surface area contributed by atoms with Crippen LogP contribution in [0.1, 0.15) is 11.4 Å². The zero-order valence-electron chi connectivity index (χ0n) is 10.1. The Balaban J connectivity index is 2.16. The van der Waals surface area contributed by atoms with Crippen molar-refractivity contribution in [3.05, 3.63) is 46.2 Å². The standard InChI is InChI=1S/C12H10BrF3N4/c13-8-3-1-2-7(4-8)6-18-10-5-9(17)19-11(20-10)12(14,15)16/h1-5H,6H2,(H3,17,18,19,20). The zero-order chi connectivity index (χ0) is 14.8. The number of rotatable bonds is 3. The molecule has 8 heteroatoms. The summed E-state index contributed by atoms with van der Waals surface area (Å²) in [4.78, 5) is 6.57. The monoisotopic (exact) mass is 346 g/mol. The van der Waals surface area contributed by atoms with Crippen molar-refractivity contribution in [3.8, 4) is 0 Å². The molecule has 0 aliphatic carbocycles. The van der Waals surface area contributed by atoms with Gasteiger partial charge in [0.15, 0.2) is 0 Å². The Morgan fingerprint density at radius 2 is 1.95 bits per heavy atom. The third-order valence-electron chi connectivity index (χ3n) is 2.36. The molecule has 0 unspecified atom stereocenters. The second-order valence-corrected chi connectivity index (χ2v) is 4.90. The number of nitrogen functional groups attached to an aromatic ring is 1. The first-order chi connectivity index (χ1) is 9.34. The summed E-state index contributed by atoms with van der Waals surface area (Å²) in [6, 6.07) is 8.63. The van der Waals surface area contributed by atoms with Crippen molar-refractivity contribution >= 4 is 27.6 Å². The van der Waals surface area contributed by atoms with E-state index in [2.05, 4.69) is 31.2 Å². The van der Waals surface area contributed by atoms with Gasteiger partial charge in [-0.3, -0.25) is 0 Å². The lowest BCUT2D eigenvalue weighted by molar-refractivity contribution is -0.144. The summed E-state index contributed by atoms with van der Waals surface area (Å²) >= 11 is 3.32. The van der Waals surface area contributed by atoms with Crippen LogP contribution >= 0.6 is 15.9 Å². The van der Waals surface area contributed by atoms with Gasteiger partial charge in [0.2, 0.25) is 5.82 Å². The molecule has 4 nitrogen and oxygen atoms in total. The minimum atomic E-state index is -4.62. The minimum Gasteiger partial charge on any atom is -0.384 e. The molecule has 2 aromatic rings. The average molecular weight is 347 g/mol. The molecule has 0 aliphatic heterocycles. The Kier molecular flexibility index (Phi) is 4.12. The highest BCUT2D eigenvalue weighted by Crippen LogP contribution is 2.27. The van der Waals surface area contributed by atoms with Crippen LogP contribution in [0.3, 0.4) is 0 Å². The number of benzene rings is 1. The summed E-state index contributed by atoms with van der Waals surface area (Å²) in [6.45, 7) is 0.327. The van der Waals surface area contributed by atoms with Crippen molar-refractivity contribution in [1.29, 1.82) is 0 Å². The fourth-order valence-corrected chi connectivity index (χ4v) is 1.97. The molecule has 0 radical (unpaired) electrons. The largest absolute Gasteiger partial charge is 0.451 e. The van der Waals surface area contributed by atoms with Crippen LogP contribution in [0.5, 0.6) is 0 Å². The summed E-state index contributed by atoms with van der Waals surface area (Å²) in [5.41, 5.74) is 6.24. The summed E-state index contributed by atoms with van der Waals surface area (Å²) in [7, 11) is 0. The molecular formula is C12H10BrF3N4. The average Bonchev–Trinajstić information content (AvgIpc) is 2.35. The lowest BCUT2D eigenvalue weighted by Crippen LogP contribution is -2.14. The second kappa shape index (κ2) is 5.66. The first-order valence-electron chi connectivity index (χ1n) is 5.54. The SMILES string of the molecule is Nc1cc(NCc2cccc(Br)c2)nc(C(F)(F)F)n1. The molecule has 1 aromatic carbocycles. The number of halogens is 4. The quantitative estimate of drug-likeness (QED) is 0.893. The molecule has 0 saturated carbocycles. The van der Waals surface area contributed by atoms with Gasteiger partial charge in [0.05, 0.1) is 0 Å². The van der Waals surface area contributed by atoms with E-state index in [0.717, 1.165) is 10.0 Å². The van der Waals surface area contributed by atoms with Gasteiger partial charge in [0, 0.05) is 17.1 Å². The molecule has 3 N–H and O–H groups in total. The summed E-state index contributed by atoms with van der Waals surface area (Å²) in [5, 5.41) is 2.79. The predicted octanol–water partition coefficient (Wildman–Crippen LogP) is 3.45. The Hall–Kier alpha value is -1.83. The van der Waals surface area contributed by atoms with E-state index in [1.165, 1.54) is 6.07 Å². The van der Waals surface area contributed by atoms with E-state index in [4.69, 9.17) is 5.73 Å². The molecule has 1 aromatic heterocycles. The van der Waals surface area contributed by atoms with Crippen LogP contribution in [0, 0.1) is 0 Å². The van der Waals surface area contributed by atoms with Gasteiger partial charge in [0.25, 0.3) is 0 Å². The van der Waals surface area contributed by atoms with Crippen LogP contribution < -0.4 is 11.1 Å². The van der Waals surface area contributed by atoms with Crippen molar-refractivity contribution in [2.75, 3.05) is 11.1 Å². The molecule has 0 bridgehead atoms. The molecule has 1 heterocycles. The Morgan fingerprint density at radius 1 is 1.20 bits per heavy atom. The number of aromatic nitrogens is 2. The molecule has 2 rings (SSSR count). The Labute approximate surface area is 121 Å². The van der Waals surface area contributed by atoms with Gasteiger partial charge in [-0.1, -0.05) is 28.1 Å². The maximum atomic E-state index is 12.5. The number of hydrogen-bond donors (Lipinski definition) is 2. The van der Waals surface area contributed by atoms with Gasteiger partial charge >= 0.3 is 6.18 Å². The summed E-state index contributed by atoms with van der Waals surface area (Å²) < 4.78 is 38.5. The van der Waals surface area contributed by atoms with Gasteiger partial charge in [-0.2, -0.15) is 13.2 Å². The van der Waals surface area contributed by atoms with Crippen LogP contribution in [0.25, 0.3) is 0 Å². The van der Waals surface area contributed by atoms with Crippen molar-refractivity contribution in [2.45, 2.75) is 12.7 Å². The number of alkyl halides is 3. The number of nitrogens with one attached hydrogen (secondary N) is 1. The van der Waals surface area contributed by atoms with Gasteiger partial charge in [0.1, 0.15) is 11.6 Å². The molecule has 0 amide bonds. The third kappa shape index (κ3) is 3.83. The predicted molar refractivity (Wildman–Crippen MR) is 72.9 cm³/mol. The van der Waals surface area contributed by atoms with E-state index in [-0.39, 0.29) is 11.6 Å². The molecule has 0 atom stereocenters. The van der Waals surface area contributed by atoms with Crippen molar-refractivity contribution in [1.82, 2.24) is 9.97 Å². The topological polar surface area (TPSA) is 63.8 Å². The highest BCUT2D eigenvalue weighted by atomic mass is 79.9. The highest BCUT2D eigenvalue weighted by molar-refractivity contribution is 9.10. The Morgan fingerprint density at radius 3 is 2.60 bits per heavy atom. The van der Waals surface area contributed by atoms with E-state index in [1.807, 2.05) is 24.3 Å². The van der Waals surface area contributed by atoms with E-state index in [0.29, 0.717) is 6.54 Å². The second-order valence-electron chi connectivity index (χ2n) is 3.98. The van der Waals surface area contributed by atoms with Crippen molar-refractivity contribution in [3.63, 3.8) is 0 Å². The van der Waals surface area contributed by atoms with Crippen LogP contribution in [0.15, 0.2) is 34.8 Å². The lowest BCUT2D eigenvalue weighted by Gasteiger charge is -2.10. The molecule has 0 aliphatic rings. The van der Waals surface area contributed by atoms with Gasteiger partial charge in [-0.15, -0.1) is 0 Å². The van der Waals surface area contributed by atoms with Gasteiger partial charge in [-0.05, 0) is 17.7 Å². The van der Waals surface area contributed by atoms with Crippen molar-refractivity contribution in [2.24, 2.45) is 0 Å². The maximum absolute atomic E-state index is 12.5.